The third kappa shape index (κ3) is 3.24. The first kappa shape index (κ1) is 16.5. The highest BCUT2D eigenvalue weighted by atomic mass is 16.6. The molecule has 26 heavy (non-hydrogen) atoms. The van der Waals surface area contributed by atoms with Crippen LogP contribution in [0.25, 0.3) is 5.65 Å². The number of anilines is 1. The molecule has 1 aliphatic heterocycles. The molecule has 7 heteroatoms. The fourth-order valence-corrected chi connectivity index (χ4v) is 3.75. The van der Waals surface area contributed by atoms with Gasteiger partial charge in [0.25, 0.3) is 0 Å². The van der Waals surface area contributed by atoms with E-state index in [1.807, 2.05) is 12.1 Å². The Morgan fingerprint density at radius 2 is 2.04 bits per heavy atom. The van der Waals surface area contributed by atoms with E-state index in [0.717, 1.165) is 44.5 Å². The number of aromatic nitrogens is 3. The summed E-state index contributed by atoms with van der Waals surface area (Å²) >= 11 is 0. The molecule has 0 bridgehead atoms. The molecule has 1 unspecified atom stereocenters. The van der Waals surface area contributed by atoms with Crippen molar-refractivity contribution in [2.24, 2.45) is 0 Å². The predicted molar refractivity (Wildman–Crippen MR) is 99.4 cm³/mol. The molecule has 1 aliphatic rings. The van der Waals surface area contributed by atoms with Crippen molar-refractivity contribution in [1.29, 1.82) is 0 Å². The maximum atomic E-state index is 11.1. The van der Waals surface area contributed by atoms with Gasteiger partial charge in [0, 0.05) is 18.7 Å². The van der Waals surface area contributed by atoms with Crippen LogP contribution in [0.15, 0.2) is 48.7 Å². The number of aryl methyl sites for hydroxylation is 1. The highest BCUT2D eigenvalue weighted by molar-refractivity contribution is 5.50. The second-order valence-electron chi connectivity index (χ2n) is 6.70. The van der Waals surface area contributed by atoms with E-state index in [4.69, 9.17) is 0 Å². The molecule has 2 aromatic heterocycles. The van der Waals surface area contributed by atoms with E-state index in [9.17, 15) is 10.1 Å². The quantitative estimate of drug-likeness (QED) is 0.501. The first-order chi connectivity index (χ1) is 12.7. The average Bonchev–Trinajstić information content (AvgIpc) is 3.28. The van der Waals surface area contributed by atoms with Gasteiger partial charge in [0.05, 0.1) is 0 Å². The Morgan fingerprint density at radius 3 is 2.85 bits per heavy atom. The fourth-order valence-electron chi connectivity index (χ4n) is 3.75. The lowest BCUT2D eigenvalue weighted by Crippen LogP contribution is -2.30. The van der Waals surface area contributed by atoms with Crippen molar-refractivity contribution in [3.8, 4) is 0 Å². The van der Waals surface area contributed by atoms with E-state index in [0.29, 0.717) is 11.7 Å². The van der Waals surface area contributed by atoms with Crippen molar-refractivity contribution in [2.45, 2.75) is 38.1 Å². The molecule has 4 rings (SSSR count). The summed E-state index contributed by atoms with van der Waals surface area (Å²) in [5, 5.41) is 15.6. The van der Waals surface area contributed by atoms with Gasteiger partial charge < -0.3 is 15.0 Å². The van der Waals surface area contributed by atoms with Crippen LogP contribution in [0.1, 0.15) is 31.2 Å². The van der Waals surface area contributed by atoms with Gasteiger partial charge >= 0.3 is 5.82 Å². The Labute approximate surface area is 151 Å². The van der Waals surface area contributed by atoms with E-state index in [1.165, 1.54) is 16.3 Å². The van der Waals surface area contributed by atoms with Crippen LogP contribution in [-0.2, 0) is 6.42 Å². The third-order valence-electron chi connectivity index (χ3n) is 5.03. The lowest BCUT2D eigenvalue weighted by Gasteiger charge is -2.24. The first-order valence-electron chi connectivity index (χ1n) is 9.02. The standard InChI is InChI=1S/C19H21N5O2/c25-24(26)19-14-20-17-11-12-18(21-23(17)19)22-13-5-10-16(22)9-4-8-15-6-2-1-3-7-15/h1-3,6-7,11-12,14,16H,4-5,8-10,13H2. The van der Waals surface area contributed by atoms with Crippen LogP contribution in [0.4, 0.5) is 11.6 Å². The van der Waals surface area contributed by atoms with Crippen molar-refractivity contribution in [2.75, 3.05) is 11.4 Å². The molecule has 1 saturated heterocycles. The summed E-state index contributed by atoms with van der Waals surface area (Å²) in [6.07, 6.45) is 6.82. The zero-order valence-electron chi connectivity index (χ0n) is 14.5. The van der Waals surface area contributed by atoms with Crippen LogP contribution in [0, 0.1) is 10.1 Å². The topological polar surface area (TPSA) is 76.6 Å². The Bertz CT molecular complexity index is 909. The Hall–Kier alpha value is -2.96. The number of hydrogen-bond acceptors (Lipinski definition) is 5. The summed E-state index contributed by atoms with van der Waals surface area (Å²) in [5.41, 5.74) is 1.87. The Kier molecular flexibility index (Phi) is 4.51. The van der Waals surface area contributed by atoms with E-state index in [1.54, 1.807) is 6.07 Å². The molecular weight excluding hydrogens is 330 g/mol. The molecule has 7 nitrogen and oxygen atoms in total. The number of rotatable bonds is 6. The molecule has 0 saturated carbocycles. The number of nitrogens with zero attached hydrogens (tertiary/aromatic N) is 5. The highest BCUT2D eigenvalue weighted by Crippen LogP contribution is 2.28. The van der Waals surface area contributed by atoms with E-state index in [-0.39, 0.29) is 5.82 Å². The molecule has 0 N–H and O–H groups in total. The highest BCUT2D eigenvalue weighted by Gasteiger charge is 2.27. The van der Waals surface area contributed by atoms with Crippen LogP contribution < -0.4 is 4.90 Å². The molecule has 0 spiro atoms. The van der Waals surface area contributed by atoms with Crippen LogP contribution >= 0.6 is 0 Å². The minimum atomic E-state index is -0.446. The van der Waals surface area contributed by atoms with Crippen molar-refractivity contribution in [3.05, 3.63) is 64.3 Å². The zero-order chi connectivity index (χ0) is 17.9. The normalized spacial score (nSPS) is 17.1. The number of nitro groups is 1. The van der Waals surface area contributed by atoms with Gasteiger partial charge in [0.2, 0.25) is 5.65 Å². The van der Waals surface area contributed by atoms with Gasteiger partial charge in [-0.2, -0.15) is 0 Å². The van der Waals surface area contributed by atoms with Gasteiger partial charge in [0.15, 0.2) is 5.82 Å². The molecule has 1 aromatic carbocycles. The molecule has 1 atom stereocenters. The Morgan fingerprint density at radius 1 is 1.19 bits per heavy atom. The van der Waals surface area contributed by atoms with Gasteiger partial charge in [-0.3, -0.25) is 0 Å². The van der Waals surface area contributed by atoms with Gasteiger partial charge in [-0.15, -0.1) is 0 Å². The number of benzene rings is 1. The van der Waals surface area contributed by atoms with Crippen molar-refractivity contribution < 1.29 is 4.92 Å². The molecule has 134 valence electrons. The summed E-state index contributed by atoms with van der Waals surface area (Å²) in [5.74, 6) is 0.697. The van der Waals surface area contributed by atoms with Crippen molar-refractivity contribution >= 4 is 17.3 Å². The fraction of sp³-hybridized carbons (Fsp3) is 0.368. The molecule has 3 heterocycles. The first-order valence-corrected chi connectivity index (χ1v) is 9.02. The van der Waals surface area contributed by atoms with Crippen molar-refractivity contribution in [3.63, 3.8) is 0 Å². The smallest absolute Gasteiger partial charge is 0.358 e. The van der Waals surface area contributed by atoms with E-state index in [2.05, 4.69) is 39.2 Å². The lowest BCUT2D eigenvalue weighted by atomic mass is 10.0. The molecule has 0 radical (unpaired) electrons. The van der Waals surface area contributed by atoms with Gasteiger partial charge in [0.1, 0.15) is 6.20 Å². The van der Waals surface area contributed by atoms with Crippen LogP contribution in [0.2, 0.25) is 0 Å². The molecular formula is C19H21N5O2. The van der Waals surface area contributed by atoms with E-state index >= 15 is 0 Å². The third-order valence-corrected chi connectivity index (χ3v) is 5.03. The maximum absolute atomic E-state index is 11.1. The Balaban J connectivity index is 1.48. The second-order valence-corrected chi connectivity index (χ2v) is 6.70. The minimum absolute atomic E-state index is 0.0957. The summed E-state index contributed by atoms with van der Waals surface area (Å²) < 4.78 is 1.33. The summed E-state index contributed by atoms with van der Waals surface area (Å²) in [6, 6.07) is 14.7. The van der Waals surface area contributed by atoms with E-state index < -0.39 is 4.92 Å². The lowest BCUT2D eigenvalue weighted by molar-refractivity contribution is -0.391. The molecule has 0 aliphatic carbocycles. The van der Waals surface area contributed by atoms with Gasteiger partial charge in [-0.25, -0.2) is 4.98 Å². The number of imidazole rings is 1. The summed E-state index contributed by atoms with van der Waals surface area (Å²) in [4.78, 5) is 17.0. The maximum Gasteiger partial charge on any atom is 0.368 e. The molecule has 3 aromatic rings. The predicted octanol–water partition coefficient (Wildman–Crippen LogP) is 3.63. The monoisotopic (exact) mass is 351 g/mol. The van der Waals surface area contributed by atoms with Gasteiger partial charge in [-0.1, -0.05) is 39.9 Å². The van der Waals surface area contributed by atoms with Crippen molar-refractivity contribution in [1.82, 2.24) is 14.6 Å². The minimum Gasteiger partial charge on any atom is -0.358 e. The van der Waals surface area contributed by atoms with Crippen LogP contribution in [0.3, 0.4) is 0 Å². The molecule has 1 fully saturated rings. The SMILES string of the molecule is O=[N+]([O-])c1cnc2ccc(N3CCCC3CCCc3ccccc3)nn12. The molecule has 0 amide bonds. The van der Waals surface area contributed by atoms with Crippen LogP contribution in [-0.4, -0.2) is 32.1 Å². The zero-order valence-corrected chi connectivity index (χ0v) is 14.5. The van der Waals surface area contributed by atoms with Crippen LogP contribution in [0.5, 0.6) is 0 Å². The summed E-state index contributed by atoms with van der Waals surface area (Å²) in [6.45, 7) is 0.941. The second kappa shape index (κ2) is 7.11. The summed E-state index contributed by atoms with van der Waals surface area (Å²) in [7, 11) is 0. The van der Waals surface area contributed by atoms with Gasteiger partial charge in [-0.05, 0) is 48.7 Å². The number of fused-ring (bicyclic) bond motifs is 1. The number of hydrogen-bond donors (Lipinski definition) is 0. The average molecular weight is 351 g/mol. The largest absolute Gasteiger partial charge is 0.368 e.